The van der Waals surface area contributed by atoms with Crippen molar-refractivity contribution in [3.05, 3.63) is 30.5 Å². The molecule has 4 heterocycles. The first kappa shape index (κ1) is 11.7. The lowest BCUT2D eigenvalue weighted by Crippen LogP contribution is -2.75. The van der Waals surface area contributed by atoms with Crippen molar-refractivity contribution < 1.29 is 4.74 Å². The lowest BCUT2D eigenvalue weighted by molar-refractivity contribution is -0.225. The summed E-state index contributed by atoms with van der Waals surface area (Å²) in [6.45, 7) is 0. The minimum atomic E-state index is 0.156. The van der Waals surface area contributed by atoms with E-state index in [0.717, 1.165) is 29.1 Å². The Kier molecular flexibility index (Phi) is 2.16. The largest absolute Gasteiger partial charge is 0.497 e. The third-order valence-corrected chi connectivity index (χ3v) is 5.53. The minimum absolute atomic E-state index is 0.156. The summed E-state index contributed by atoms with van der Waals surface area (Å²) < 4.78 is 7.30. The van der Waals surface area contributed by atoms with Gasteiger partial charge in [0.2, 0.25) is 0 Å². The van der Waals surface area contributed by atoms with Gasteiger partial charge in [-0.1, -0.05) is 5.21 Å². The topological polar surface area (TPSA) is 43.2 Å². The molecule has 0 saturated carbocycles. The number of rotatable bonds is 3. The lowest BCUT2D eigenvalue weighted by Gasteiger charge is -2.65. The van der Waals surface area contributed by atoms with Crippen LogP contribution in [-0.2, 0) is 5.66 Å². The average Bonchev–Trinajstić information content (AvgIpc) is 3.01. The van der Waals surface area contributed by atoms with Crippen LogP contribution in [0.4, 0.5) is 0 Å². The Hall–Kier alpha value is -1.88. The molecule has 0 aliphatic carbocycles. The van der Waals surface area contributed by atoms with E-state index in [-0.39, 0.29) is 5.66 Å². The van der Waals surface area contributed by atoms with Crippen molar-refractivity contribution in [1.82, 2.24) is 19.9 Å². The van der Waals surface area contributed by atoms with E-state index in [0.29, 0.717) is 0 Å². The number of hydrogen-bond donors (Lipinski definition) is 0. The smallest absolute Gasteiger partial charge is 0.120 e. The second-order valence-corrected chi connectivity index (χ2v) is 6.46. The molecule has 3 aliphatic heterocycles. The molecule has 5 rings (SSSR count). The van der Waals surface area contributed by atoms with E-state index in [1.807, 2.05) is 24.3 Å². The first-order valence-electron chi connectivity index (χ1n) is 7.66. The highest BCUT2D eigenvalue weighted by Gasteiger charge is 2.67. The van der Waals surface area contributed by atoms with Crippen molar-refractivity contribution in [1.29, 1.82) is 0 Å². The van der Waals surface area contributed by atoms with Gasteiger partial charge >= 0.3 is 0 Å². The molecule has 3 aliphatic rings. The van der Waals surface area contributed by atoms with Gasteiger partial charge in [0.1, 0.15) is 17.1 Å². The van der Waals surface area contributed by atoms with Crippen LogP contribution in [0.5, 0.6) is 5.75 Å². The summed E-state index contributed by atoms with van der Waals surface area (Å²) in [5.41, 5.74) is 2.19. The Morgan fingerprint density at radius 2 is 1.86 bits per heavy atom. The SMILES string of the molecule is COc1ccc(-c2cn(C34C[C@H]5CC[C@@H](C3)N54)nn2)cc1. The van der Waals surface area contributed by atoms with E-state index in [1.165, 1.54) is 25.7 Å². The highest BCUT2D eigenvalue weighted by molar-refractivity contribution is 5.58. The molecule has 2 aromatic rings. The lowest BCUT2D eigenvalue weighted by atomic mass is 9.75. The molecular weight excluding hydrogens is 264 g/mol. The van der Waals surface area contributed by atoms with E-state index < -0.39 is 0 Å². The van der Waals surface area contributed by atoms with Crippen molar-refractivity contribution in [3.8, 4) is 17.0 Å². The van der Waals surface area contributed by atoms with E-state index in [2.05, 4.69) is 26.1 Å². The number of methoxy groups -OCH3 is 1. The zero-order valence-electron chi connectivity index (χ0n) is 12.1. The molecule has 3 saturated heterocycles. The van der Waals surface area contributed by atoms with Gasteiger partial charge in [0.15, 0.2) is 0 Å². The van der Waals surface area contributed by atoms with Gasteiger partial charge in [-0.05, 0) is 37.1 Å². The van der Waals surface area contributed by atoms with E-state index in [4.69, 9.17) is 4.74 Å². The summed E-state index contributed by atoms with van der Waals surface area (Å²) in [5.74, 6) is 0.866. The maximum absolute atomic E-state index is 5.20. The molecule has 5 heteroatoms. The van der Waals surface area contributed by atoms with Crippen molar-refractivity contribution in [2.45, 2.75) is 43.4 Å². The Balaban J connectivity index is 1.45. The molecule has 1 aromatic carbocycles. The molecule has 0 bridgehead atoms. The van der Waals surface area contributed by atoms with Gasteiger partial charge in [-0.25, -0.2) is 4.68 Å². The van der Waals surface area contributed by atoms with Crippen LogP contribution < -0.4 is 4.74 Å². The van der Waals surface area contributed by atoms with Crippen molar-refractivity contribution in [2.75, 3.05) is 7.11 Å². The molecule has 3 fully saturated rings. The summed E-state index contributed by atoms with van der Waals surface area (Å²) >= 11 is 0. The van der Waals surface area contributed by atoms with Gasteiger partial charge < -0.3 is 4.74 Å². The molecule has 3 atom stereocenters. The van der Waals surface area contributed by atoms with Gasteiger partial charge in [-0.2, -0.15) is 0 Å². The van der Waals surface area contributed by atoms with Gasteiger partial charge in [0.25, 0.3) is 0 Å². The molecule has 0 amide bonds. The molecule has 21 heavy (non-hydrogen) atoms. The fourth-order valence-corrected chi connectivity index (χ4v) is 4.53. The summed E-state index contributed by atoms with van der Waals surface area (Å²) in [7, 11) is 1.68. The third kappa shape index (κ3) is 1.39. The second kappa shape index (κ2) is 3.85. The quantitative estimate of drug-likeness (QED) is 0.866. The highest BCUT2D eigenvalue weighted by atomic mass is 16.5. The van der Waals surface area contributed by atoms with Gasteiger partial charge in [-0.3, -0.25) is 4.90 Å². The van der Waals surface area contributed by atoms with E-state index >= 15 is 0 Å². The van der Waals surface area contributed by atoms with Crippen LogP contribution in [0.1, 0.15) is 25.7 Å². The zero-order chi connectivity index (χ0) is 14.0. The van der Waals surface area contributed by atoms with Gasteiger partial charge in [-0.15, -0.1) is 5.10 Å². The molecule has 1 unspecified atom stereocenters. The number of nitrogens with zero attached hydrogens (tertiary/aromatic N) is 4. The monoisotopic (exact) mass is 282 g/mol. The molecule has 0 N–H and O–H groups in total. The van der Waals surface area contributed by atoms with Gasteiger partial charge in [0.05, 0.1) is 13.3 Å². The van der Waals surface area contributed by atoms with Crippen LogP contribution in [0.2, 0.25) is 0 Å². The van der Waals surface area contributed by atoms with Crippen molar-refractivity contribution >= 4 is 0 Å². The predicted octanol–water partition coefficient (Wildman–Crippen LogP) is 2.25. The summed E-state index contributed by atoms with van der Waals surface area (Å²) in [4.78, 5) is 2.65. The van der Waals surface area contributed by atoms with Crippen LogP contribution >= 0.6 is 0 Å². The Bertz CT molecular complexity index is 679. The number of benzene rings is 1. The van der Waals surface area contributed by atoms with Gasteiger partial charge in [0, 0.05) is 30.5 Å². The van der Waals surface area contributed by atoms with Crippen LogP contribution in [-0.4, -0.2) is 39.1 Å². The van der Waals surface area contributed by atoms with E-state index in [1.54, 1.807) is 7.11 Å². The minimum Gasteiger partial charge on any atom is -0.497 e. The Labute approximate surface area is 123 Å². The fourth-order valence-electron chi connectivity index (χ4n) is 4.53. The maximum atomic E-state index is 5.20. The first-order valence-corrected chi connectivity index (χ1v) is 7.66. The zero-order valence-corrected chi connectivity index (χ0v) is 12.1. The molecule has 1 aromatic heterocycles. The standard InChI is InChI=1S/C16H18N4O/c1-21-14-6-2-11(3-7-14)15-10-19(18-17-15)16-8-12-4-5-13(9-16)20(12)16/h2-3,6-7,10,12-13H,4-5,8-9H2,1H3/t12-,13+,16?. The molecule has 0 spiro atoms. The molecule has 0 radical (unpaired) electrons. The van der Waals surface area contributed by atoms with Crippen LogP contribution in [0.25, 0.3) is 11.3 Å². The van der Waals surface area contributed by atoms with Crippen LogP contribution in [0, 0.1) is 0 Å². The summed E-state index contributed by atoms with van der Waals surface area (Å²) in [6, 6.07) is 9.61. The summed E-state index contributed by atoms with van der Waals surface area (Å²) in [5, 5.41) is 8.80. The molecular formula is C16H18N4O. The number of aromatic nitrogens is 3. The third-order valence-electron chi connectivity index (χ3n) is 5.53. The predicted molar refractivity (Wildman–Crippen MR) is 77.9 cm³/mol. The number of piperidine rings is 1. The maximum Gasteiger partial charge on any atom is 0.120 e. The van der Waals surface area contributed by atoms with Crippen LogP contribution in [0.3, 0.4) is 0 Å². The number of ether oxygens (including phenoxy) is 1. The fraction of sp³-hybridized carbons (Fsp3) is 0.500. The average molecular weight is 282 g/mol. The second-order valence-electron chi connectivity index (χ2n) is 6.46. The normalized spacial score (nSPS) is 33.2. The number of hydrogen-bond acceptors (Lipinski definition) is 4. The molecule has 5 nitrogen and oxygen atoms in total. The van der Waals surface area contributed by atoms with Crippen molar-refractivity contribution in [2.24, 2.45) is 0 Å². The Morgan fingerprint density at radius 3 is 2.52 bits per heavy atom. The highest BCUT2D eigenvalue weighted by Crippen LogP contribution is 2.60. The van der Waals surface area contributed by atoms with Crippen molar-refractivity contribution in [3.63, 3.8) is 0 Å². The van der Waals surface area contributed by atoms with Crippen LogP contribution in [0.15, 0.2) is 30.5 Å². The van der Waals surface area contributed by atoms with E-state index in [9.17, 15) is 0 Å². The Morgan fingerprint density at radius 1 is 1.14 bits per heavy atom. The molecule has 108 valence electrons. The first-order chi connectivity index (χ1) is 10.3. The summed E-state index contributed by atoms with van der Waals surface area (Å²) in [6.07, 6.45) is 7.33.